The number of aryl methyl sites for hydroxylation is 1. The van der Waals surface area contributed by atoms with E-state index in [1.807, 2.05) is 49.4 Å². The van der Waals surface area contributed by atoms with Gasteiger partial charge in [0.25, 0.3) is 0 Å². The number of ether oxygens (including phenoxy) is 1. The van der Waals surface area contributed by atoms with Crippen molar-refractivity contribution in [2.24, 2.45) is 5.73 Å². The smallest absolute Gasteiger partial charge is 0.132 e. The molecule has 2 aromatic rings. The molecular formula is C17H20ClNO. The quantitative estimate of drug-likeness (QED) is 0.864. The summed E-state index contributed by atoms with van der Waals surface area (Å²) in [6.45, 7) is 4.11. The van der Waals surface area contributed by atoms with Gasteiger partial charge in [0, 0.05) is 11.1 Å². The average Bonchev–Trinajstić information content (AvgIpc) is 2.44. The third kappa shape index (κ3) is 3.75. The maximum absolute atomic E-state index is 6.08. The molecule has 0 aliphatic carbocycles. The third-order valence-electron chi connectivity index (χ3n) is 3.35. The van der Waals surface area contributed by atoms with Crippen LogP contribution < -0.4 is 10.5 Å². The zero-order valence-electron chi connectivity index (χ0n) is 11.9. The minimum Gasteiger partial charge on any atom is -0.457 e. The van der Waals surface area contributed by atoms with Crippen LogP contribution in [0.3, 0.4) is 0 Å². The summed E-state index contributed by atoms with van der Waals surface area (Å²) in [5.74, 6) is 1.64. The molecule has 20 heavy (non-hydrogen) atoms. The Morgan fingerprint density at radius 2 is 1.90 bits per heavy atom. The van der Waals surface area contributed by atoms with Crippen LogP contribution in [0.4, 0.5) is 0 Å². The van der Waals surface area contributed by atoms with Crippen LogP contribution in [0.1, 0.15) is 24.5 Å². The first kappa shape index (κ1) is 14.9. The summed E-state index contributed by atoms with van der Waals surface area (Å²) in [6, 6.07) is 13.8. The lowest BCUT2D eigenvalue weighted by Gasteiger charge is -2.15. The molecule has 0 aromatic heterocycles. The van der Waals surface area contributed by atoms with Crippen molar-refractivity contribution in [3.8, 4) is 11.5 Å². The average molecular weight is 290 g/mol. The lowest BCUT2D eigenvalue weighted by Crippen LogP contribution is -2.21. The van der Waals surface area contributed by atoms with Crippen molar-refractivity contribution in [3.63, 3.8) is 0 Å². The van der Waals surface area contributed by atoms with Gasteiger partial charge < -0.3 is 10.5 Å². The lowest BCUT2D eigenvalue weighted by atomic mass is 10.0. The number of para-hydroxylation sites is 1. The summed E-state index contributed by atoms with van der Waals surface area (Å²) in [4.78, 5) is 0. The largest absolute Gasteiger partial charge is 0.457 e. The van der Waals surface area contributed by atoms with Crippen molar-refractivity contribution >= 4 is 11.6 Å². The summed E-state index contributed by atoms with van der Waals surface area (Å²) < 4.78 is 6.03. The molecule has 0 bridgehead atoms. The van der Waals surface area contributed by atoms with Gasteiger partial charge in [-0.25, -0.2) is 0 Å². The topological polar surface area (TPSA) is 35.2 Å². The van der Waals surface area contributed by atoms with Gasteiger partial charge in [-0.05, 0) is 49.1 Å². The molecule has 106 valence electrons. The second kappa shape index (κ2) is 6.78. The molecule has 0 spiro atoms. The minimum atomic E-state index is 0.135. The van der Waals surface area contributed by atoms with Crippen molar-refractivity contribution in [1.82, 2.24) is 0 Å². The van der Waals surface area contributed by atoms with Gasteiger partial charge in [-0.2, -0.15) is 0 Å². The van der Waals surface area contributed by atoms with E-state index in [1.54, 1.807) is 0 Å². The zero-order chi connectivity index (χ0) is 14.5. The first-order chi connectivity index (χ1) is 9.60. The summed E-state index contributed by atoms with van der Waals surface area (Å²) in [7, 11) is 0. The monoisotopic (exact) mass is 289 g/mol. The SMILES string of the molecule is CCC(N)Cc1ccc(Cl)cc1Oc1ccccc1C. The molecular weight excluding hydrogens is 270 g/mol. The second-order valence-corrected chi connectivity index (χ2v) is 5.43. The van der Waals surface area contributed by atoms with Gasteiger partial charge in [0.1, 0.15) is 11.5 Å². The van der Waals surface area contributed by atoms with Crippen LogP contribution >= 0.6 is 11.6 Å². The van der Waals surface area contributed by atoms with Gasteiger partial charge in [0.15, 0.2) is 0 Å². The Morgan fingerprint density at radius 1 is 1.15 bits per heavy atom. The van der Waals surface area contributed by atoms with Gasteiger partial charge in [-0.15, -0.1) is 0 Å². The molecule has 0 saturated carbocycles. The van der Waals surface area contributed by atoms with E-state index in [0.717, 1.165) is 35.5 Å². The van der Waals surface area contributed by atoms with E-state index in [2.05, 4.69) is 6.92 Å². The molecule has 0 radical (unpaired) electrons. The van der Waals surface area contributed by atoms with E-state index >= 15 is 0 Å². The molecule has 0 amide bonds. The van der Waals surface area contributed by atoms with Gasteiger partial charge in [0.2, 0.25) is 0 Å². The van der Waals surface area contributed by atoms with E-state index in [0.29, 0.717) is 5.02 Å². The second-order valence-electron chi connectivity index (χ2n) is 4.99. The van der Waals surface area contributed by atoms with E-state index < -0.39 is 0 Å². The fraction of sp³-hybridized carbons (Fsp3) is 0.294. The number of hydrogen-bond acceptors (Lipinski definition) is 2. The van der Waals surface area contributed by atoms with Crippen molar-refractivity contribution in [2.45, 2.75) is 32.7 Å². The first-order valence-electron chi connectivity index (χ1n) is 6.87. The number of rotatable bonds is 5. The van der Waals surface area contributed by atoms with Crippen LogP contribution in [0, 0.1) is 6.92 Å². The molecule has 0 saturated heterocycles. The van der Waals surface area contributed by atoms with Crippen LogP contribution in [0.5, 0.6) is 11.5 Å². The maximum atomic E-state index is 6.08. The molecule has 0 aliphatic rings. The highest BCUT2D eigenvalue weighted by atomic mass is 35.5. The Balaban J connectivity index is 2.30. The van der Waals surface area contributed by atoms with Crippen molar-refractivity contribution in [1.29, 1.82) is 0 Å². The molecule has 0 heterocycles. The molecule has 2 aromatic carbocycles. The van der Waals surface area contributed by atoms with Gasteiger partial charge in [-0.1, -0.05) is 42.8 Å². The summed E-state index contributed by atoms with van der Waals surface area (Å²) in [5, 5.41) is 0.669. The predicted octanol–water partition coefficient (Wildman–Crippen LogP) is 4.72. The van der Waals surface area contributed by atoms with Crippen LogP contribution in [0.15, 0.2) is 42.5 Å². The fourth-order valence-corrected chi connectivity index (χ4v) is 2.17. The highest BCUT2D eigenvalue weighted by Crippen LogP contribution is 2.31. The Morgan fingerprint density at radius 3 is 2.60 bits per heavy atom. The number of benzene rings is 2. The predicted molar refractivity (Wildman–Crippen MR) is 84.7 cm³/mol. The number of halogens is 1. The van der Waals surface area contributed by atoms with E-state index in [9.17, 15) is 0 Å². The van der Waals surface area contributed by atoms with E-state index in [1.165, 1.54) is 0 Å². The molecule has 2 nitrogen and oxygen atoms in total. The maximum Gasteiger partial charge on any atom is 0.132 e. The molecule has 0 aliphatic heterocycles. The van der Waals surface area contributed by atoms with Gasteiger partial charge in [0.05, 0.1) is 0 Å². The van der Waals surface area contributed by atoms with Crippen molar-refractivity contribution in [3.05, 3.63) is 58.6 Å². The molecule has 1 atom stereocenters. The Hall–Kier alpha value is -1.51. The fourth-order valence-electron chi connectivity index (χ4n) is 2.01. The van der Waals surface area contributed by atoms with Crippen LogP contribution in [0.2, 0.25) is 5.02 Å². The minimum absolute atomic E-state index is 0.135. The highest BCUT2D eigenvalue weighted by Gasteiger charge is 2.10. The van der Waals surface area contributed by atoms with Crippen molar-refractivity contribution in [2.75, 3.05) is 0 Å². The number of nitrogens with two attached hydrogens (primary N) is 1. The normalized spacial score (nSPS) is 12.2. The van der Waals surface area contributed by atoms with Crippen LogP contribution in [0.25, 0.3) is 0 Å². The Kier molecular flexibility index (Phi) is 5.05. The van der Waals surface area contributed by atoms with Gasteiger partial charge in [-0.3, -0.25) is 0 Å². The molecule has 1 unspecified atom stereocenters. The summed E-state index contributed by atoms with van der Waals surface area (Å²) in [5.41, 5.74) is 8.23. The van der Waals surface area contributed by atoms with E-state index in [-0.39, 0.29) is 6.04 Å². The Bertz CT molecular complexity index is 583. The first-order valence-corrected chi connectivity index (χ1v) is 7.25. The van der Waals surface area contributed by atoms with E-state index in [4.69, 9.17) is 22.1 Å². The third-order valence-corrected chi connectivity index (χ3v) is 3.58. The summed E-state index contributed by atoms with van der Waals surface area (Å²) in [6.07, 6.45) is 1.72. The molecule has 2 rings (SSSR count). The van der Waals surface area contributed by atoms with Gasteiger partial charge >= 0.3 is 0 Å². The molecule has 3 heteroatoms. The lowest BCUT2D eigenvalue weighted by molar-refractivity contribution is 0.468. The van der Waals surface area contributed by atoms with Crippen molar-refractivity contribution < 1.29 is 4.74 Å². The number of hydrogen-bond donors (Lipinski definition) is 1. The molecule has 0 fully saturated rings. The summed E-state index contributed by atoms with van der Waals surface area (Å²) >= 11 is 6.08. The standard InChI is InChI=1S/C17H20ClNO/c1-3-15(19)10-13-8-9-14(18)11-17(13)20-16-7-5-4-6-12(16)2/h4-9,11,15H,3,10,19H2,1-2H3. The van der Waals surface area contributed by atoms with Crippen LogP contribution in [-0.4, -0.2) is 6.04 Å². The molecule has 2 N–H and O–H groups in total. The Labute approximate surface area is 125 Å². The zero-order valence-corrected chi connectivity index (χ0v) is 12.7. The van der Waals surface area contributed by atoms with Crippen LogP contribution in [-0.2, 0) is 6.42 Å². The highest BCUT2D eigenvalue weighted by molar-refractivity contribution is 6.30.